The number of aliphatic carboxylic acids is 1. The first kappa shape index (κ1) is 26.9. The summed E-state index contributed by atoms with van der Waals surface area (Å²) in [6, 6.07) is 12.4. The van der Waals surface area contributed by atoms with Gasteiger partial charge in [-0.25, -0.2) is 18.9 Å². The minimum atomic E-state index is -5.08. The van der Waals surface area contributed by atoms with Gasteiger partial charge in [0.05, 0.1) is 18.8 Å². The number of alkyl halides is 3. The highest BCUT2D eigenvalue weighted by Crippen LogP contribution is 2.32. The average Bonchev–Trinajstić information content (AvgIpc) is 3.49. The van der Waals surface area contributed by atoms with E-state index in [-0.39, 0.29) is 11.9 Å². The number of hydrogen-bond donors (Lipinski definition) is 2. The van der Waals surface area contributed by atoms with Crippen molar-refractivity contribution < 1.29 is 32.2 Å². The van der Waals surface area contributed by atoms with E-state index in [1.165, 1.54) is 12.1 Å². The molecule has 2 N–H and O–H groups in total. The molecular weight excluding hydrogens is 532 g/mol. The van der Waals surface area contributed by atoms with Crippen molar-refractivity contribution in [3.8, 4) is 11.4 Å². The highest BCUT2D eigenvalue weighted by Gasteiger charge is 2.38. The topological polar surface area (TPSA) is 107 Å². The van der Waals surface area contributed by atoms with Crippen LogP contribution in [0.3, 0.4) is 0 Å². The van der Waals surface area contributed by atoms with Crippen molar-refractivity contribution in [2.45, 2.75) is 31.5 Å². The molecule has 200 valence electrons. The summed E-state index contributed by atoms with van der Waals surface area (Å²) in [4.78, 5) is 17.6. The molecule has 3 heterocycles. The maximum Gasteiger partial charge on any atom is 0.490 e. The molecular formula is C24H21ClF4N6O3. The lowest BCUT2D eigenvalue weighted by Gasteiger charge is -2.23. The van der Waals surface area contributed by atoms with Gasteiger partial charge in [-0.1, -0.05) is 23.7 Å². The van der Waals surface area contributed by atoms with E-state index in [0.717, 1.165) is 42.0 Å². The van der Waals surface area contributed by atoms with Crippen LogP contribution in [0.1, 0.15) is 30.3 Å². The molecule has 38 heavy (non-hydrogen) atoms. The summed E-state index contributed by atoms with van der Waals surface area (Å²) in [5.41, 5.74) is 2.65. The molecule has 0 fully saturated rings. The molecule has 0 bridgehead atoms. The summed E-state index contributed by atoms with van der Waals surface area (Å²) < 4.78 is 54.4. The number of fused-ring (bicyclic) bond motifs is 1. The summed E-state index contributed by atoms with van der Waals surface area (Å²) in [6.45, 7) is 0. The van der Waals surface area contributed by atoms with Gasteiger partial charge in [0.1, 0.15) is 28.9 Å². The Kier molecular flexibility index (Phi) is 7.86. The van der Waals surface area contributed by atoms with Gasteiger partial charge >= 0.3 is 12.1 Å². The molecule has 5 rings (SSSR count). The Hall–Kier alpha value is -4.13. The van der Waals surface area contributed by atoms with Crippen LogP contribution in [-0.2, 0) is 11.2 Å². The minimum absolute atomic E-state index is 0.0512. The minimum Gasteiger partial charge on any atom is -0.494 e. The van der Waals surface area contributed by atoms with E-state index in [9.17, 15) is 17.6 Å². The number of benzene rings is 2. The van der Waals surface area contributed by atoms with Crippen molar-refractivity contribution in [2.24, 2.45) is 0 Å². The Morgan fingerprint density at radius 3 is 2.53 bits per heavy atom. The molecule has 1 aliphatic rings. The number of carboxylic acid groups (broad SMARTS) is 1. The molecule has 0 amide bonds. The van der Waals surface area contributed by atoms with Gasteiger partial charge in [-0.2, -0.15) is 18.2 Å². The van der Waals surface area contributed by atoms with E-state index < -0.39 is 12.1 Å². The van der Waals surface area contributed by atoms with Crippen LogP contribution < -0.4 is 10.1 Å². The van der Waals surface area contributed by atoms with Gasteiger partial charge in [-0.05, 0) is 42.7 Å². The lowest BCUT2D eigenvalue weighted by atomic mass is 9.98. The number of halogens is 5. The van der Waals surface area contributed by atoms with Crippen LogP contribution in [0.25, 0.3) is 5.69 Å². The number of nitrogens with zero attached hydrogens (tertiary/aromatic N) is 5. The molecule has 0 radical (unpaired) electrons. The standard InChI is InChI=1S/C22H20ClFN6O.C2HF3O2/c1-31-19-11-16(9-10-18(19)29-12-20(23)25-13-29)26-22-27-21-4-2-3-17(30(21)28-22)14-5-7-15(24)8-6-14;3-2(4,5)1(6)7/h5-13,17H,2-4H2,1H3,(H,26,28);(H,6,7). The largest absolute Gasteiger partial charge is 0.494 e. The molecule has 0 saturated heterocycles. The monoisotopic (exact) mass is 552 g/mol. The molecule has 2 aromatic carbocycles. The number of methoxy groups -OCH3 is 1. The Morgan fingerprint density at radius 2 is 1.92 bits per heavy atom. The van der Waals surface area contributed by atoms with Crippen LogP contribution in [-0.4, -0.2) is 48.7 Å². The first-order chi connectivity index (χ1) is 18.0. The number of carbonyl (C=O) groups is 1. The van der Waals surface area contributed by atoms with E-state index in [1.807, 2.05) is 35.0 Å². The second-order valence-corrected chi connectivity index (χ2v) is 8.56. The van der Waals surface area contributed by atoms with Gasteiger partial charge < -0.3 is 19.7 Å². The number of aryl methyl sites for hydroxylation is 1. The van der Waals surface area contributed by atoms with Crippen LogP contribution in [0, 0.1) is 5.82 Å². The predicted octanol–water partition coefficient (Wildman–Crippen LogP) is 5.57. The Labute approximate surface area is 218 Å². The first-order valence-electron chi connectivity index (χ1n) is 11.2. The molecule has 1 unspecified atom stereocenters. The summed E-state index contributed by atoms with van der Waals surface area (Å²) in [5, 5.41) is 15.5. The number of anilines is 2. The van der Waals surface area contributed by atoms with Crippen LogP contribution in [0.15, 0.2) is 55.0 Å². The van der Waals surface area contributed by atoms with Crippen molar-refractivity contribution >= 4 is 29.2 Å². The van der Waals surface area contributed by atoms with Crippen molar-refractivity contribution in [1.82, 2.24) is 24.3 Å². The van der Waals surface area contributed by atoms with E-state index in [0.29, 0.717) is 16.9 Å². The summed E-state index contributed by atoms with van der Waals surface area (Å²) >= 11 is 5.94. The zero-order valence-corrected chi connectivity index (χ0v) is 20.5. The predicted molar refractivity (Wildman–Crippen MR) is 130 cm³/mol. The third-order valence-electron chi connectivity index (χ3n) is 5.64. The van der Waals surface area contributed by atoms with E-state index >= 15 is 0 Å². The van der Waals surface area contributed by atoms with Crippen molar-refractivity contribution in [3.05, 3.63) is 77.3 Å². The number of imidazole rings is 1. The highest BCUT2D eigenvalue weighted by atomic mass is 35.5. The summed E-state index contributed by atoms with van der Waals surface area (Å²) in [5.74, 6) is -0.903. The second kappa shape index (κ2) is 11.1. The quantitative estimate of drug-likeness (QED) is 0.312. The molecule has 0 aliphatic carbocycles. The molecule has 1 aliphatic heterocycles. The van der Waals surface area contributed by atoms with Gasteiger partial charge in [0.25, 0.3) is 0 Å². The molecule has 0 spiro atoms. The second-order valence-electron chi connectivity index (χ2n) is 8.17. The number of hydrogen-bond acceptors (Lipinski definition) is 6. The molecule has 1 atom stereocenters. The zero-order valence-electron chi connectivity index (χ0n) is 19.8. The first-order valence-corrected chi connectivity index (χ1v) is 11.6. The lowest BCUT2D eigenvalue weighted by Crippen LogP contribution is -2.21. The van der Waals surface area contributed by atoms with Crippen LogP contribution in [0.4, 0.5) is 29.2 Å². The van der Waals surface area contributed by atoms with E-state index in [1.54, 1.807) is 24.2 Å². The lowest BCUT2D eigenvalue weighted by molar-refractivity contribution is -0.192. The number of ether oxygens (including phenoxy) is 1. The molecule has 2 aromatic heterocycles. The van der Waals surface area contributed by atoms with Crippen LogP contribution >= 0.6 is 11.6 Å². The third-order valence-corrected chi connectivity index (χ3v) is 5.83. The van der Waals surface area contributed by atoms with Crippen molar-refractivity contribution in [3.63, 3.8) is 0 Å². The van der Waals surface area contributed by atoms with Gasteiger partial charge in [-0.15, -0.1) is 5.10 Å². The smallest absolute Gasteiger partial charge is 0.490 e. The maximum atomic E-state index is 13.3. The number of carboxylic acids is 1. The average molecular weight is 553 g/mol. The SMILES string of the molecule is COc1cc(Nc2nc3n(n2)C(c2ccc(F)cc2)CCC3)ccc1-n1cnc(Cl)c1.O=C(O)C(F)(F)F. The van der Waals surface area contributed by atoms with Crippen LogP contribution in [0.2, 0.25) is 5.15 Å². The number of rotatable bonds is 5. The van der Waals surface area contributed by atoms with Gasteiger partial charge in [0.2, 0.25) is 5.95 Å². The number of nitrogens with one attached hydrogen (secondary N) is 1. The van der Waals surface area contributed by atoms with Crippen LogP contribution in [0.5, 0.6) is 5.75 Å². The Bertz CT molecular complexity index is 1420. The molecule has 4 aromatic rings. The summed E-state index contributed by atoms with van der Waals surface area (Å²) in [6.07, 6.45) is 1.07. The fourth-order valence-corrected chi connectivity index (χ4v) is 4.07. The van der Waals surface area contributed by atoms with E-state index in [4.69, 9.17) is 31.3 Å². The molecule has 0 saturated carbocycles. The normalized spacial score (nSPS) is 14.7. The molecule has 14 heteroatoms. The van der Waals surface area contributed by atoms with Gasteiger partial charge in [0, 0.05) is 24.4 Å². The van der Waals surface area contributed by atoms with Gasteiger partial charge in [0.15, 0.2) is 0 Å². The Balaban J connectivity index is 0.000000426. The highest BCUT2D eigenvalue weighted by molar-refractivity contribution is 6.29. The van der Waals surface area contributed by atoms with E-state index in [2.05, 4.69) is 15.3 Å². The van der Waals surface area contributed by atoms with Crippen molar-refractivity contribution in [1.29, 1.82) is 0 Å². The molecule has 9 nitrogen and oxygen atoms in total. The Morgan fingerprint density at radius 1 is 1.21 bits per heavy atom. The third kappa shape index (κ3) is 6.22. The number of aromatic nitrogens is 5. The fraction of sp³-hybridized carbons (Fsp3) is 0.250. The summed E-state index contributed by atoms with van der Waals surface area (Å²) in [7, 11) is 1.61. The maximum absolute atomic E-state index is 13.3. The zero-order chi connectivity index (χ0) is 27.4. The van der Waals surface area contributed by atoms with Crippen molar-refractivity contribution in [2.75, 3.05) is 12.4 Å². The fourth-order valence-electron chi connectivity index (χ4n) is 3.93. The van der Waals surface area contributed by atoms with Gasteiger partial charge in [-0.3, -0.25) is 0 Å².